The number of rotatable bonds is 11. The lowest BCUT2D eigenvalue weighted by Gasteiger charge is -2.22. The number of hydrogen-bond acceptors (Lipinski definition) is 14. The molecule has 1 aliphatic heterocycles. The van der Waals surface area contributed by atoms with E-state index in [2.05, 4.69) is 15.0 Å². The number of anilines is 1. The van der Waals surface area contributed by atoms with Crippen LogP contribution < -0.4 is 5.73 Å². The molecule has 15 nitrogen and oxygen atoms in total. The zero-order valence-corrected chi connectivity index (χ0v) is 24.1. The monoisotopic (exact) mass is 591 g/mol. The van der Waals surface area contributed by atoms with E-state index in [4.69, 9.17) is 33.7 Å². The SMILES string of the molecule is CC(C)(C)C(=O)OCOP(=O)(COC[C@@H]1CC(O)[C@H](n2cnc3c(N)nc(F)nc32)O1)OCOC(=O)C(C)(C)C. The number of nitrogens with two attached hydrogens (primary N) is 1. The van der Waals surface area contributed by atoms with Crippen molar-refractivity contribution in [3.63, 3.8) is 0 Å². The van der Waals surface area contributed by atoms with Crippen molar-refractivity contribution in [1.82, 2.24) is 19.5 Å². The van der Waals surface area contributed by atoms with Crippen LogP contribution in [0.25, 0.3) is 11.2 Å². The average Bonchev–Trinajstić information content (AvgIpc) is 3.40. The molecule has 0 aromatic carbocycles. The second-order valence-corrected chi connectivity index (χ2v) is 13.1. The Morgan fingerprint density at radius 1 is 1.12 bits per heavy atom. The minimum atomic E-state index is -4.10. The summed E-state index contributed by atoms with van der Waals surface area (Å²) < 4.78 is 60.0. The van der Waals surface area contributed by atoms with Crippen LogP contribution in [-0.4, -0.2) is 75.3 Å². The van der Waals surface area contributed by atoms with Crippen LogP contribution in [0.2, 0.25) is 0 Å². The summed E-state index contributed by atoms with van der Waals surface area (Å²) in [4.78, 5) is 35.2. The fraction of sp³-hybridized carbons (Fsp3) is 0.696. The van der Waals surface area contributed by atoms with Crippen LogP contribution in [-0.2, 0) is 42.1 Å². The first kappa shape index (κ1) is 31.8. The molecule has 40 heavy (non-hydrogen) atoms. The van der Waals surface area contributed by atoms with Gasteiger partial charge in [-0.1, -0.05) is 0 Å². The minimum Gasteiger partial charge on any atom is -0.438 e. The summed E-state index contributed by atoms with van der Waals surface area (Å²) in [7, 11) is -4.10. The van der Waals surface area contributed by atoms with Gasteiger partial charge >= 0.3 is 25.6 Å². The van der Waals surface area contributed by atoms with Crippen LogP contribution in [0.15, 0.2) is 6.33 Å². The first-order chi connectivity index (χ1) is 18.5. The van der Waals surface area contributed by atoms with Crippen molar-refractivity contribution in [1.29, 1.82) is 0 Å². The van der Waals surface area contributed by atoms with E-state index >= 15 is 0 Å². The Bertz CT molecular complexity index is 1230. The molecule has 3 rings (SSSR count). The summed E-state index contributed by atoms with van der Waals surface area (Å²) in [6.07, 6.45) is -3.00. The molecule has 17 heteroatoms. The molecule has 0 bridgehead atoms. The number of carbonyl (C=O) groups is 2. The van der Waals surface area contributed by atoms with Gasteiger partial charge in [0.1, 0.15) is 12.5 Å². The number of nitrogen functional groups attached to an aromatic ring is 1. The quantitative estimate of drug-likeness (QED) is 0.167. The van der Waals surface area contributed by atoms with E-state index < -0.39 is 74.8 Å². The number of halogens is 1. The minimum absolute atomic E-state index is 0.0385. The van der Waals surface area contributed by atoms with E-state index in [0.717, 1.165) is 0 Å². The molecule has 0 radical (unpaired) electrons. The van der Waals surface area contributed by atoms with Gasteiger partial charge in [-0.05, 0) is 41.5 Å². The molecule has 1 aliphatic rings. The van der Waals surface area contributed by atoms with Gasteiger partial charge in [0, 0.05) is 6.42 Å². The predicted molar refractivity (Wildman–Crippen MR) is 136 cm³/mol. The average molecular weight is 592 g/mol. The van der Waals surface area contributed by atoms with Crippen molar-refractivity contribution < 1.29 is 51.6 Å². The third-order valence-electron chi connectivity index (χ3n) is 5.52. The van der Waals surface area contributed by atoms with Gasteiger partial charge in [0.2, 0.25) is 13.6 Å². The van der Waals surface area contributed by atoms with Gasteiger partial charge in [-0.25, -0.2) is 4.98 Å². The predicted octanol–water partition coefficient (Wildman–Crippen LogP) is 2.49. The standard InChI is InChI=1S/C23H35FN5O10P/c1-22(2,3)19(31)35-10-37-40(33,38-11-36-20(32)23(4,5)6)12-34-8-13-7-14(30)18(39-13)29-9-26-15-16(25)27-21(24)28-17(15)29/h9,13-14,18,30H,7-8,10-12H2,1-6H3,(H2,25,27,28)/t13-,14?,18+/m0/s1. The second-order valence-electron chi connectivity index (χ2n) is 11.1. The molecule has 0 aliphatic carbocycles. The maximum atomic E-state index is 13.7. The van der Waals surface area contributed by atoms with Crippen molar-refractivity contribution in [3.05, 3.63) is 12.4 Å². The van der Waals surface area contributed by atoms with E-state index in [-0.39, 0.29) is 30.0 Å². The molecule has 224 valence electrons. The van der Waals surface area contributed by atoms with E-state index in [1.54, 1.807) is 41.5 Å². The second kappa shape index (κ2) is 12.4. The van der Waals surface area contributed by atoms with E-state index in [9.17, 15) is 23.7 Å². The van der Waals surface area contributed by atoms with Gasteiger partial charge in [-0.3, -0.25) is 27.8 Å². The number of esters is 2. The third kappa shape index (κ3) is 8.15. The maximum Gasteiger partial charge on any atom is 0.361 e. The van der Waals surface area contributed by atoms with Crippen LogP contribution in [0.1, 0.15) is 54.2 Å². The van der Waals surface area contributed by atoms with Crippen LogP contribution in [0, 0.1) is 16.9 Å². The number of aliphatic hydroxyl groups is 1. The Balaban J connectivity index is 1.60. The highest BCUT2D eigenvalue weighted by atomic mass is 31.2. The highest BCUT2D eigenvalue weighted by Gasteiger charge is 2.38. The van der Waals surface area contributed by atoms with Crippen LogP contribution in [0.5, 0.6) is 0 Å². The fourth-order valence-electron chi connectivity index (χ4n) is 3.35. The molecule has 0 saturated carbocycles. The zero-order valence-electron chi connectivity index (χ0n) is 23.2. The number of hydrogen-bond donors (Lipinski definition) is 2. The highest BCUT2D eigenvalue weighted by Crippen LogP contribution is 2.48. The number of aromatic nitrogens is 4. The molecule has 1 saturated heterocycles. The third-order valence-corrected chi connectivity index (χ3v) is 7.01. The molecular weight excluding hydrogens is 556 g/mol. The Morgan fingerprint density at radius 3 is 2.25 bits per heavy atom. The number of carbonyl (C=O) groups excluding carboxylic acids is 2. The van der Waals surface area contributed by atoms with Crippen molar-refractivity contribution >= 4 is 36.5 Å². The smallest absolute Gasteiger partial charge is 0.361 e. The summed E-state index contributed by atoms with van der Waals surface area (Å²) in [6.45, 7) is 8.25. The van der Waals surface area contributed by atoms with Gasteiger partial charge in [0.15, 0.2) is 23.2 Å². The van der Waals surface area contributed by atoms with E-state index in [1.165, 1.54) is 10.9 Å². The number of nitrogens with zero attached hydrogens (tertiary/aromatic N) is 4. The summed E-state index contributed by atoms with van der Waals surface area (Å²) >= 11 is 0. The molecule has 3 atom stereocenters. The Morgan fingerprint density at radius 2 is 1.70 bits per heavy atom. The lowest BCUT2D eigenvalue weighted by atomic mass is 9.98. The number of imidazole rings is 1. The molecule has 2 aromatic rings. The highest BCUT2D eigenvalue weighted by molar-refractivity contribution is 7.53. The largest absolute Gasteiger partial charge is 0.438 e. The van der Waals surface area contributed by atoms with Gasteiger partial charge in [0.05, 0.1) is 29.9 Å². The zero-order chi connectivity index (χ0) is 29.9. The number of ether oxygens (including phenoxy) is 4. The molecular formula is C23H35FN5O10P. The molecule has 2 aromatic heterocycles. The Kier molecular flexibility index (Phi) is 9.86. The molecule has 3 heterocycles. The van der Waals surface area contributed by atoms with Crippen molar-refractivity contribution in [2.45, 2.75) is 66.4 Å². The van der Waals surface area contributed by atoms with E-state index in [1.807, 2.05) is 0 Å². The van der Waals surface area contributed by atoms with Gasteiger partial charge < -0.3 is 29.8 Å². The van der Waals surface area contributed by atoms with Gasteiger partial charge in [0.25, 0.3) is 0 Å². The summed E-state index contributed by atoms with van der Waals surface area (Å²) in [5.74, 6) is -1.36. The Hall–Kier alpha value is -2.75. The van der Waals surface area contributed by atoms with E-state index in [0.29, 0.717) is 0 Å². The van der Waals surface area contributed by atoms with Crippen LogP contribution in [0.3, 0.4) is 0 Å². The molecule has 1 fully saturated rings. The maximum absolute atomic E-state index is 13.7. The number of fused-ring (bicyclic) bond motifs is 1. The molecule has 1 unspecified atom stereocenters. The summed E-state index contributed by atoms with van der Waals surface area (Å²) in [5.41, 5.74) is 4.22. The first-order valence-corrected chi connectivity index (χ1v) is 14.0. The summed E-state index contributed by atoms with van der Waals surface area (Å²) in [5, 5.41) is 10.6. The van der Waals surface area contributed by atoms with Crippen molar-refractivity contribution in [2.24, 2.45) is 10.8 Å². The topological polar surface area (TPSA) is 196 Å². The normalized spacial score (nSPS) is 20.1. The van der Waals surface area contributed by atoms with Gasteiger partial charge in [-0.15, -0.1) is 0 Å². The van der Waals surface area contributed by atoms with Crippen molar-refractivity contribution in [3.8, 4) is 0 Å². The fourth-order valence-corrected chi connectivity index (χ4v) is 4.32. The van der Waals surface area contributed by atoms with Crippen LogP contribution >= 0.6 is 7.60 Å². The lowest BCUT2D eigenvalue weighted by Crippen LogP contribution is -2.25. The lowest BCUT2D eigenvalue weighted by molar-refractivity contribution is -0.162. The van der Waals surface area contributed by atoms with Crippen molar-refractivity contribution in [2.75, 3.05) is 32.3 Å². The van der Waals surface area contributed by atoms with Crippen LogP contribution in [0.4, 0.5) is 10.2 Å². The summed E-state index contributed by atoms with van der Waals surface area (Å²) in [6, 6.07) is 0. The Labute approximate surface area is 230 Å². The molecule has 0 spiro atoms. The van der Waals surface area contributed by atoms with Gasteiger partial charge in [-0.2, -0.15) is 14.4 Å². The first-order valence-electron chi connectivity index (χ1n) is 12.3. The molecule has 3 N–H and O–H groups in total. The molecule has 0 amide bonds. The number of aliphatic hydroxyl groups excluding tert-OH is 1.